The molecule has 2 aromatic heterocycles. The zero-order valence-corrected chi connectivity index (χ0v) is 13.7. The van der Waals surface area contributed by atoms with Gasteiger partial charge in [-0.05, 0) is 25.5 Å². The lowest BCUT2D eigenvalue weighted by Gasteiger charge is -2.06. The molecule has 0 saturated heterocycles. The maximum absolute atomic E-state index is 13.6. The Morgan fingerprint density at radius 2 is 2.00 bits per heavy atom. The monoisotopic (exact) mass is 330 g/mol. The molecule has 3 aromatic rings. The van der Waals surface area contributed by atoms with E-state index in [9.17, 15) is 14.0 Å². The highest BCUT2D eigenvalue weighted by molar-refractivity contribution is 5.76. The maximum Gasteiger partial charge on any atom is 0.330 e. The van der Waals surface area contributed by atoms with Crippen LogP contribution in [0.5, 0.6) is 0 Å². The highest BCUT2D eigenvalue weighted by atomic mass is 19.1. The first-order valence-corrected chi connectivity index (χ1v) is 8.06. The minimum Gasteiger partial charge on any atom is -0.318 e. The number of aromatic amines is 1. The summed E-state index contributed by atoms with van der Waals surface area (Å²) in [7, 11) is 0. The van der Waals surface area contributed by atoms with Crippen LogP contribution < -0.4 is 11.2 Å². The van der Waals surface area contributed by atoms with E-state index in [0.29, 0.717) is 35.6 Å². The molecule has 0 unspecified atom stereocenters. The fourth-order valence-corrected chi connectivity index (χ4v) is 2.85. The number of H-pyrrole nitrogens is 1. The molecule has 0 radical (unpaired) electrons. The van der Waals surface area contributed by atoms with Gasteiger partial charge in [0.2, 0.25) is 0 Å². The van der Waals surface area contributed by atoms with Crippen molar-refractivity contribution >= 4 is 11.2 Å². The van der Waals surface area contributed by atoms with Crippen molar-refractivity contribution in [2.24, 2.45) is 0 Å². The molecular weight excluding hydrogens is 311 g/mol. The molecule has 0 saturated carbocycles. The molecule has 0 fully saturated rings. The number of unbranched alkanes of at least 4 members (excludes halogenated alkanes) is 1. The van der Waals surface area contributed by atoms with Crippen LogP contribution in [0.15, 0.2) is 33.9 Å². The molecule has 0 spiro atoms. The van der Waals surface area contributed by atoms with E-state index in [-0.39, 0.29) is 5.82 Å². The highest BCUT2D eigenvalue weighted by Gasteiger charge is 2.18. The Bertz CT molecular complexity index is 1000. The molecule has 7 heteroatoms. The molecule has 126 valence electrons. The van der Waals surface area contributed by atoms with E-state index < -0.39 is 11.2 Å². The van der Waals surface area contributed by atoms with Crippen LogP contribution in [0.1, 0.15) is 26.7 Å². The number of fused-ring (bicyclic) bond motifs is 1. The molecule has 1 N–H and O–H groups in total. The Morgan fingerprint density at radius 1 is 1.21 bits per heavy atom. The van der Waals surface area contributed by atoms with Crippen molar-refractivity contribution in [3.63, 3.8) is 0 Å². The molecule has 6 nitrogen and oxygen atoms in total. The van der Waals surface area contributed by atoms with Gasteiger partial charge in [-0.25, -0.2) is 14.2 Å². The Kier molecular flexibility index (Phi) is 4.33. The average molecular weight is 330 g/mol. The second kappa shape index (κ2) is 6.43. The summed E-state index contributed by atoms with van der Waals surface area (Å²) in [6, 6.07) is 6.06. The van der Waals surface area contributed by atoms with E-state index in [4.69, 9.17) is 0 Å². The molecule has 1 aromatic carbocycles. The van der Waals surface area contributed by atoms with Gasteiger partial charge in [0, 0.05) is 18.7 Å². The standard InChI is InChI=1S/C17H19FN4O2/c1-3-5-9-22-15-13(16(23)20-17(22)24)21(4-2)14(19-15)11-7-6-8-12(18)10-11/h6-8,10H,3-5,9H2,1-2H3,(H,20,23,24). The minimum absolute atomic E-state index is 0.340. The Hall–Kier alpha value is -2.70. The van der Waals surface area contributed by atoms with E-state index >= 15 is 0 Å². The quantitative estimate of drug-likeness (QED) is 0.781. The lowest BCUT2D eigenvalue weighted by atomic mass is 10.2. The van der Waals surface area contributed by atoms with Crippen LogP contribution in [0.4, 0.5) is 4.39 Å². The Morgan fingerprint density at radius 3 is 2.67 bits per heavy atom. The predicted octanol–water partition coefficient (Wildman–Crippen LogP) is 2.51. The normalized spacial score (nSPS) is 11.3. The van der Waals surface area contributed by atoms with Gasteiger partial charge >= 0.3 is 5.69 Å². The zero-order chi connectivity index (χ0) is 17.3. The van der Waals surface area contributed by atoms with Crippen LogP contribution in [0, 0.1) is 5.82 Å². The summed E-state index contributed by atoms with van der Waals surface area (Å²) in [6.07, 6.45) is 1.72. The van der Waals surface area contributed by atoms with E-state index in [1.807, 2.05) is 13.8 Å². The van der Waals surface area contributed by atoms with Gasteiger partial charge in [0.1, 0.15) is 11.6 Å². The highest BCUT2D eigenvalue weighted by Crippen LogP contribution is 2.23. The summed E-state index contributed by atoms with van der Waals surface area (Å²) in [5.41, 5.74) is 0.319. The van der Waals surface area contributed by atoms with Gasteiger partial charge < -0.3 is 4.57 Å². The van der Waals surface area contributed by atoms with E-state index in [1.54, 1.807) is 16.7 Å². The Labute approximate surface area is 137 Å². The smallest absolute Gasteiger partial charge is 0.318 e. The largest absolute Gasteiger partial charge is 0.330 e. The number of imidazole rings is 1. The molecule has 0 aliphatic heterocycles. The average Bonchev–Trinajstić information content (AvgIpc) is 2.94. The molecule has 0 aliphatic carbocycles. The summed E-state index contributed by atoms with van der Waals surface area (Å²) in [5, 5.41) is 0. The van der Waals surface area contributed by atoms with Crippen LogP contribution in [0.25, 0.3) is 22.6 Å². The van der Waals surface area contributed by atoms with Crippen LogP contribution in [-0.4, -0.2) is 19.1 Å². The van der Waals surface area contributed by atoms with Crippen molar-refractivity contribution in [1.29, 1.82) is 0 Å². The van der Waals surface area contributed by atoms with E-state index in [0.717, 1.165) is 12.8 Å². The summed E-state index contributed by atoms with van der Waals surface area (Å²) in [5.74, 6) is 0.104. The van der Waals surface area contributed by atoms with Gasteiger partial charge in [-0.15, -0.1) is 0 Å². The third-order valence-corrected chi connectivity index (χ3v) is 4.02. The molecule has 3 rings (SSSR count). The van der Waals surface area contributed by atoms with Crippen molar-refractivity contribution in [3.05, 3.63) is 50.9 Å². The van der Waals surface area contributed by atoms with Gasteiger partial charge in [0.25, 0.3) is 5.56 Å². The third kappa shape index (κ3) is 2.66. The number of hydrogen-bond donors (Lipinski definition) is 1. The van der Waals surface area contributed by atoms with Gasteiger partial charge in [0.05, 0.1) is 0 Å². The topological polar surface area (TPSA) is 72.7 Å². The van der Waals surface area contributed by atoms with Crippen LogP contribution in [-0.2, 0) is 13.1 Å². The van der Waals surface area contributed by atoms with E-state index in [1.165, 1.54) is 16.7 Å². The first-order valence-electron chi connectivity index (χ1n) is 8.06. The van der Waals surface area contributed by atoms with Crippen LogP contribution in [0.2, 0.25) is 0 Å². The second-order valence-electron chi connectivity index (χ2n) is 5.63. The van der Waals surface area contributed by atoms with Crippen LogP contribution in [0.3, 0.4) is 0 Å². The first-order chi connectivity index (χ1) is 11.6. The van der Waals surface area contributed by atoms with Gasteiger partial charge in [-0.1, -0.05) is 25.5 Å². The molecular formula is C17H19FN4O2. The van der Waals surface area contributed by atoms with Crippen molar-refractivity contribution in [2.45, 2.75) is 39.8 Å². The summed E-state index contributed by atoms with van der Waals surface area (Å²) in [4.78, 5) is 31.3. The number of rotatable bonds is 5. The molecule has 2 heterocycles. The number of nitrogens with zero attached hydrogens (tertiary/aromatic N) is 3. The summed E-state index contributed by atoms with van der Waals surface area (Å²) < 4.78 is 16.8. The fourth-order valence-electron chi connectivity index (χ4n) is 2.85. The zero-order valence-electron chi connectivity index (χ0n) is 13.7. The molecule has 0 aliphatic rings. The number of nitrogens with one attached hydrogen (secondary N) is 1. The molecule has 0 amide bonds. The number of hydrogen-bond acceptors (Lipinski definition) is 3. The summed E-state index contributed by atoms with van der Waals surface area (Å²) in [6.45, 7) is 4.87. The first kappa shape index (κ1) is 16.2. The van der Waals surface area contributed by atoms with E-state index in [2.05, 4.69) is 9.97 Å². The third-order valence-electron chi connectivity index (χ3n) is 4.02. The van der Waals surface area contributed by atoms with Gasteiger partial charge in [0.15, 0.2) is 11.2 Å². The summed E-state index contributed by atoms with van der Waals surface area (Å²) >= 11 is 0. The fraction of sp³-hybridized carbons (Fsp3) is 0.353. The van der Waals surface area contributed by atoms with Gasteiger partial charge in [-0.2, -0.15) is 0 Å². The molecule has 24 heavy (non-hydrogen) atoms. The predicted molar refractivity (Wildman–Crippen MR) is 90.6 cm³/mol. The number of halogens is 1. The van der Waals surface area contributed by atoms with Crippen molar-refractivity contribution in [1.82, 2.24) is 19.1 Å². The second-order valence-corrected chi connectivity index (χ2v) is 5.63. The SMILES string of the molecule is CCCCn1c(=O)[nH]c(=O)c2c1nc(-c1cccc(F)c1)n2CC. The maximum atomic E-state index is 13.6. The lowest BCUT2D eigenvalue weighted by Crippen LogP contribution is -2.31. The van der Waals surface area contributed by atoms with Crippen LogP contribution >= 0.6 is 0 Å². The Balaban J connectivity index is 2.34. The van der Waals surface area contributed by atoms with Crippen molar-refractivity contribution in [2.75, 3.05) is 0 Å². The van der Waals surface area contributed by atoms with Crippen molar-refractivity contribution < 1.29 is 4.39 Å². The number of aryl methyl sites for hydroxylation is 2. The lowest BCUT2D eigenvalue weighted by molar-refractivity contribution is 0.613. The van der Waals surface area contributed by atoms with Gasteiger partial charge in [-0.3, -0.25) is 14.3 Å². The molecule has 0 bridgehead atoms. The number of benzene rings is 1. The van der Waals surface area contributed by atoms with Crippen molar-refractivity contribution in [3.8, 4) is 11.4 Å². The molecule has 0 atom stereocenters. The minimum atomic E-state index is -0.472. The number of aromatic nitrogens is 4.